The van der Waals surface area contributed by atoms with Crippen LogP contribution in [0.1, 0.15) is 35.4 Å². The lowest BCUT2D eigenvalue weighted by atomic mass is 9.63. The Morgan fingerprint density at radius 2 is 2.00 bits per heavy atom. The zero-order valence-corrected chi connectivity index (χ0v) is 10.8. The van der Waals surface area contributed by atoms with Crippen LogP contribution >= 0.6 is 0 Å². The number of carbonyl (C=O) groups is 1. The van der Waals surface area contributed by atoms with Gasteiger partial charge in [0.2, 0.25) is 5.91 Å². The Balaban J connectivity index is 2.02. The third-order valence-electron chi connectivity index (χ3n) is 4.06. The molecule has 2 aromatic rings. The van der Waals surface area contributed by atoms with Gasteiger partial charge in [0.15, 0.2) is 0 Å². The van der Waals surface area contributed by atoms with Gasteiger partial charge < -0.3 is 0 Å². The fraction of sp³-hybridized carbons (Fsp3) is 0.333. The second-order valence-corrected chi connectivity index (χ2v) is 5.09. The van der Waals surface area contributed by atoms with Crippen LogP contribution in [0.2, 0.25) is 0 Å². The van der Waals surface area contributed by atoms with Gasteiger partial charge in [0, 0.05) is 12.4 Å². The van der Waals surface area contributed by atoms with E-state index in [1.54, 1.807) is 29.1 Å². The van der Waals surface area contributed by atoms with Crippen LogP contribution in [0.25, 0.3) is 0 Å². The number of hydrogen-bond acceptors (Lipinski definition) is 2. The zero-order valence-electron chi connectivity index (χ0n) is 10.8. The van der Waals surface area contributed by atoms with Crippen molar-refractivity contribution in [1.29, 1.82) is 0 Å². The lowest BCUT2D eigenvalue weighted by Gasteiger charge is -2.40. The highest BCUT2D eigenvalue weighted by Crippen LogP contribution is 2.45. The van der Waals surface area contributed by atoms with Crippen molar-refractivity contribution in [1.82, 2.24) is 9.55 Å². The minimum absolute atomic E-state index is 0.0420. The summed E-state index contributed by atoms with van der Waals surface area (Å²) < 4.78 is 14.6. The Morgan fingerprint density at radius 1 is 1.32 bits per heavy atom. The summed E-state index contributed by atoms with van der Waals surface area (Å²) in [5.41, 5.74) is 0.400. The van der Waals surface area contributed by atoms with Gasteiger partial charge in [0.05, 0.1) is 5.41 Å². The summed E-state index contributed by atoms with van der Waals surface area (Å²) in [5, 5.41) is 0. The van der Waals surface area contributed by atoms with E-state index < -0.39 is 5.41 Å². The molecule has 0 amide bonds. The Bertz CT molecular complexity index is 611. The number of halogens is 1. The number of carbonyl (C=O) groups excluding carboxylic acids is 1. The van der Waals surface area contributed by atoms with Crippen LogP contribution in [0.3, 0.4) is 0 Å². The Labute approximate surface area is 111 Å². The van der Waals surface area contributed by atoms with Crippen LogP contribution in [0.15, 0.2) is 36.7 Å². The standard InChI is InChI=1S/C15H15FN2O/c1-11-17-9-10-18(11)14(19)15(7-2-8-15)12-3-5-13(16)6-4-12/h3-6,9-10H,2,7-8H2,1H3. The van der Waals surface area contributed by atoms with Crippen molar-refractivity contribution in [2.45, 2.75) is 31.6 Å². The van der Waals surface area contributed by atoms with Crippen LogP contribution in [-0.4, -0.2) is 15.5 Å². The normalized spacial score (nSPS) is 16.9. The van der Waals surface area contributed by atoms with Crippen LogP contribution in [0.4, 0.5) is 4.39 Å². The molecule has 4 heteroatoms. The molecule has 0 N–H and O–H groups in total. The molecule has 0 radical (unpaired) electrons. The van der Waals surface area contributed by atoms with Crippen LogP contribution < -0.4 is 0 Å². The molecule has 1 heterocycles. The summed E-state index contributed by atoms with van der Waals surface area (Å²) >= 11 is 0. The van der Waals surface area contributed by atoms with Gasteiger partial charge in [-0.1, -0.05) is 18.6 Å². The number of aromatic nitrogens is 2. The molecule has 3 nitrogen and oxygen atoms in total. The SMILES string of the molecule is Cc1nccn1C(=O)C1(c2ccc(F)cc2)CCC1. The molecule has 0 aliphatic heterocycles. The van der Waals surface area contributed by atoms with Crippen LogP contribution in [-0.2, 0) is 5.41 Å². The zero-order chi connectivity index (χ0) is 13.5. The molecule has 0 bridgehead atoms. The van der Waals surface area contributed by atoms with Gasteiger partial charge >= 0.3 is 0 Å². The van der Waals surface area contributed by atoms with Gasteiger partial charge in [0.1, 0.15) is 11.6 Å². The van der Waals surface area contributed by atoms with E-state index in [-0.39, 0.29) is 11.7 Å². The number of nitrogens with zero attached hydrogens (tertiary/aromatic N) is 2. The van der Waals surface area contributed by atoms with Gasteiger partial charge in [-0.25, -0.2) is 9.37 Å². The third-order valence-corrected chi connectivity index (χ3v) is 4.06. The van der Waals surface area contributed by atoms with Crippen molar-refractivity contribution in [2.24, 2.45) is 0 Å². The second-order valence-electron chi connectivity index (χ2n) is 5.09. The molecular weight excluding hydrogens is 243 g/mol. The molecule has 0 saturated heterocycles. The largest absolute Gasteiger partial charge is 0.273 e. The van der Waals surface area contributed by atoms with Crippen LogP contribution in [0.5, 0.6) is 0 Å². The minimum Gasteiger partial charge on any atom is -0.273 e. The highest BCUT2D eigenvalue weighted by Gasteiger charge is 2.46. The Morgan fingerprint density at radius 3 is 2.47 bits per heavy atom. The fourth-order valence-corrected chi connectivity index (χ4v) is 2.75. The molecule has 0 atom stereocenters. The average Bonchev–Trinajstić information content (AvgIpc) is 2.76. The summed E-state index contributed by atoms with van der Waals surface area (Å²) in [4.78, 5) is 16.8. The minimum atomic E-state index is -0.501. The van der Waals surface area contributed by atoms with E-state index in [4.69, 9.17) is 0 Å². The first-order valence-electron chi connectivity index (χ1n) is 6.44. The highest BCUT2D eigenvalue weighted by atomic mass is 19.1. The lowest BCUT2D eigenvalue weighted by molar-refractivity contribution is 0.0691. The van der Waals surface area contributed by atoms with Crippen molar-refractivity contribution >= 4 is 5.91 Å². The highest BCUT2D eigenvalue weighted by molar-refractivity contribution is 5.91. The van der Waals surface area contributed by atoms with E-state index in [1.807, 2.05) is 6.92 Å². The van der Waals surface area contributed by atoms with Gasteiger partial charge in [-0.15, -0.1) is 0 Å². The van der Waals surface area contributed by atoms with Crippen molar-refractivity contribution in [3.63, 3.8) is 0 Å². The molecule has 1 aromatic heterocycles. The Kier molecular flexibility index (Phi) is 2.73. The molecule has 1 aliphatic carbocycles. The predicted molar refractivity (Wildman–Crippen MR) is 69.5 cm³/mol. The van der Waals surface area contributed by atoms with Gasteiger partial charge in [0.25, 0.3) is 0 Å². The fourth-order valence-electron chi connectivity index (χ4n) is 2.75. The molecule has 1 aromatic carbocycles. The van der Waals surface area contributed by atoms with Gasteiger partial charge in [-0.05, 0) is 37.5 Å². The number of rotatable bonds is 2. The summed E-state index contributed by atoms with van der Waals surface area (Å²) in [6.45, 7) is 1.81. The van der Waals surface area contributed by atoms with Crippen molar-refractivity contribution < 1.29 is 9.18 Å². The molecule has 1 saturated carbocycles. The van der Waals surface area contributed by atoms with Gasteiger partial charge in [-0.3, -0.25) is 9.36 Å². The first-order valence-corrected chi connectivity index (χ1v) is 6.44. The second kappa shape index (κ2) is 4.30. The third kappa shape index (κ3) is 1.79. The molecule has 98 valence electrons. The molecule has 1 fully saturated rings. The van der Waals surface area contributed by atoms with Crippen LogP contribution in [0, 0.1) is 12.7 Å². The van der Waals surface area contributed by atoms with Crippen molar-refractivity contribution in [3.8, 4) is 0 Å². The van der Waals surface area contributed by atoms with E-state index in [1.165, 1.54) is 12.1 Å². The average molecular weight is 258 g/mol. The number of aryl methyl sites for hydroxylation is 1. The molecule has 19 heavy (non-hydrogen) atoms. The van der Waals surface area contributed by atoms with E-state index in [0.29, 0.717) is 5.82 Å². The van der Waals surface area contributed by atoms with E-state index in [9.17, 15) is 9.18 Å². The topological polar surface area (TPSA) is 34.9 Å². The molecular formula is C15H15FN2O. The van der Waals surface area contributed by atoms with Gasteiger partial charge in [-0.2, -0.15) is 0 Å². The number of hydrogen-bond donors (Lipinski definition) is 0. The smallest absolute Gasteiger partial charge is 0.242 e. The van der Waals surface area contributed by atoms with E-state index >= 15 is 0 Å². The maximum atomic E-state index is 13.0. The summed E-state index contributed by atoms with van der Waals surface area (Å²) in [5.74, 6) is 0.461. The quantitative estimate of drug-likeness (QED) is 0.829. The molecule has 1 aliphatic rings. The first kappa shape index (κ1) is 12.1. The monoisotopic (exact) mass is 258 g/mol. The summed E-state index contributed by atoms with van der Waals surface area (Å²) in [6.07, 6.45) is 5.98. The maximum absolute atomic E-state index is 13.0. The predicted octanol–water partition coefficient (Wildman–Crippen LogP) is 3.09. The van der Waals surface area contributed by atoms with E-state index in [0.717, 1.165) is 24.8 Å². The number of benzene rings is 1. The van der Waals surface area contributed by atoms with Crippen molar-refractivity contribution in [2.75, 3.05) is 0 Å². The summed E-state index contributed by atoms with van der Waals surface area (Å²) in [6, 6.07) is 6.28. The molecule has 3 rings (SSSR count). The maximum Gasteiger partial charge on any atom is 0.242 e. The van der Waals surface area contributed by atoms with E-state index in [2.05, 4.69) is 4.98 Å². The molecule has 0 unspecified atom stereocenters. The number of imidazole rings is 1. The summed E-state index contributed by atoms with van der Waals surface area (Å²) in [7, 11) is 0. The van der Waals surface area contributed by atoms with Crippen molar-refractivity contribution in [3.05, 3.63) is 53.9 Å². The molecule has 0 spiro atoms. The lowest BCUT2D eigenvalue weighted by Crippen LogP contribution is -2.45. The Hall–Kier alpha value is -1.97. The first-order chi connectivity index (χ1) is 9.13.